The fourth-order valence-electron chi connectivity index (χ4n) is 1.88. The molecule has 1 heterocycles. The molecule has 2 N–H and O–H groups in total. The van der Waals surface area contributed by atoms with E-state index in [-0.39, 0.29) is 11.4 Å². The summed E-state index contributed by atoms with van der Waals surface area (Å²) in [6.45, 7) is 8.38. The van der Waals surface area contributed by atoms with Gasteiger partial charge in [-0.2, -0.15) is 0 Å². The molecule has 0 radical (unpaired) electrons. The van der Waals surface area contributed by atoms with Gasteiger partial charge in [-0.25, -0.2) is 9.78 Å². The summed E-state index contributed by atoms with van der Waals surface area (Å²) in [4.78, 5) is 16.1. The summed E-state index contributed by atoms with van der Waals surface area (Å²) in [5.74, 6) is 0.548. The summed E-state index contributed by atoms with van der Waals surface area (Å²) in [5, 5.41) is 5.54. The second kappa shape index (κ2) is 5.95. The number of nitrogens with one attached hydrogen (secondary N) is 2. The van der Waals surface area contributed by atoms with E-state index in [2.05, 4.69) is 36.4 Å². The zero-order chi connectivity index (χ0) is 15.5. The van der Waals surface area contributed by atoms with E-state index >= 15 is 0 Å². The molecule has 21 heavy (non-hydrogen) atoms. The molecule has 0 aliphatic heterocycles. The van der Waals surface area contributed by atoms with Gasteiger partial charge in [0.2, 0.25) is 0 Å². The highest BCUT2D eigenvalue weighted by atomic mass is 16.2. The first-order chi connectivity index (χ1) is 9.84. The average molecular weight is 283 g/mol. The van der Waals surface area contributed by atoms with Crippen LogP contribution in [-0.2, 0) is 5.41 Å². The monoisotopic (exact) mass is 283 g/mol. The quantitative estimate of drug-likeness (QED) is 0.861. The number of carbonyl (C=O) groups is 1. The van der Waals surface area contributed by atoms with Crippen LogP contribution in [0.25, 0.3) is 0 Å². The number of benzene rings is 1. The van der Waals surface area contributed by atoms with Crippen molar-refractivity contribution in [2.45, 2.75) is 33.1 Å². The molecule has 0 spiro atoms. The molecule has 0 atom stereocenters. The third kappa shape index (κ3) is 4.31. The second-order valence-corrected chi connectivity index (χ2v) is 6.12. The lowest BCUT2D eigenvalue weighted by Gasteiger charge is -2.19. The summed E-state index contributed by atoms with van der Waals surface area (Å²) in [5.41, 5.74) is 3.06. The highest BCUT2D eigenvalue weighted by Crippen LogP contribution is 2.23. The number of hydrogen-bond donors (Lipinski definition) is 2. The fourth-order valence-corrected chi connectivity index (χ4v) is 1.88. The van der Waals surface area contributed by atoms with Gasteiger partial charge in [-0.3, -0.25) is 5.32 Å². The van der Waals surface area contributed by atoms with Crippen LogP contribution in [0.1, 0.15) is 31.9 Å². The lowest BCUT2D eigenvalue weighted by molar-refractivity contribution is 0.262. The molecule has 0 aliphatic rings. The van der Waals surface area contributed by atoms with Crippen LogP contribution in [0.2, 0.25) is 0 Å². The predicted octanol–water partition coefficient (Wildman–Crippen LogP) is 4.33. The fraction of sp³-hybridized carbons (Fsp3) is 0.294. The minimum Gasteiger partial charge on any atom is -0.308 e. The molecule has 0 bridgehead atoms. The number of aryl methyl sites for hydroxylation is 1. The Morgan fingerprint density at radius 3 is 2.33 bits per heavy atom. The maximum absolute atomic E-state index is 12.0. The van der Waals surface area contributed by atoms with Crippen LogP contribution in [0.4, 0.5) is 16.3 Å². The molecule has 1 aromatic heterocycles. The van der Waals surface area contributed by atoms with Gasteiger partial charge in [0.05, 0.1) is 0 Å². The normalized spacial score (nSPS) is 11.0. The Morgan fingerprint density at radius 1 is 1.05 bits per heavy atom. The first-order valence-corrected chi connectivity index (χ1v) is 6.96. The van der Waals surface area contributed by atoms with Crippen LogP contribution >= 0.6 is 0 Å². The number of pyridine rings is 1. The van der Waals surface area contributed by atoms with Crippen molar-refractivity contribution in [3.63, 3.8) is 0 Å². The highest BCUT2D eigenvalue weighted by molar-refractivity contribution is 5.99. The molecule has 0 aliphatic carbocycles. The van der Waals surface area contributed by atoms with Crippen molar-refractivity contribution in [2.75, 3.05) is 10.6 Å². The Balaban J connectivity index is 2.04. The van der Waals surface area contributed by atoms with Crippen LogP contribution in [0.5, 0.6) is 0 Å². The lowest BCUT2D eigenvalue weighted by atomic mass is 9.88. The molecule has 4 nitrogen and oxygen atoms in total. The number of hydrogen-bond acceptors (Lipinski definition) is 2. The van der Waals surface area contributed by atoms with Crippen LogP contribution < -0.4 is 10.6 Å². The standard InChI is InChI=1S/C17H21N3O/c1-12-5-7-14(8-6-12)19-16(21)20-15-11-13(9-10-18-15)17(2,3)4/h5-11H,1-4H3,(H2,18,19,20,21). The molecule has 2 aromatic rings. The van der Waals surface area contributed by atoms with E-state index in [0.29, 0.717) is 5.82 Å². The molecule has 4 heteroatoms. The van der Waals surface area contributed by atoms with Gasteiger partial charge in [-0.1, -0.05) is 38.5 Å². The highest BCUT2D eigenvalue weighted by Gasteiger charge is 2.14. The zero-order valence-corrected chi connectivity index (χ0v) is 12.9. The lowest BCUT2D eigenvalue weighted by Crippen LogP contribution is -2.21. The molecule has 2 amide bonds. The van der Waals surface area contributed by atoms with E-state index in [1.165, 1.54) is 0 Å². The summed E-state index contributed by atoms with van der Waals surface area (Å²) in [6.07, 6.45) is 1.71. The van der Waals surface area contributed by atoms with Gasteiger partial charge in [0.15, 0.2) is 0 Å². The summed E-state index contributed by atoms with van der Waals surface area (Å²) >= 11 is 0. The molecule has 0 fully saturated rings. The van der Waals surface area contributed by atoms with Gasteiger partial charge in [0, 0.05) is 11.9 Å². The summed E-state index contributed by atoms with van der Waals surface area (Å²) in [6, 6.07) is 11.2. The first-order valence-electron chi connectivity index (χ1n) is 6.96. The van der Waals surface area contributed by atoms with Crippen molar-refractivity contribution in [3.05, 3.63) is 53.7 Å². The van der Waals surface area contributed by atoms with E-state index in [1.807, 2.05) is 43.3 Å². The molecular formula is C17H21N3O. The summed E-state index contributed by atoms with van der Waals surface area (Å²) < 4.78 is 0. The van der Waals surface area contributed by atoms with Gasteiger partial charge in [-0.05, 0) is 42.2 Å². The van der Waals surface area contributed by atoms with Crippen molar-refractivity contribution in [1.29, 1.82) is 0 Å². The van der Waals surface area contributed by atoms with E-state index in [9.17, 15) is 4.79 Å². The first kappa shape index (κ1) is 15.0. The van der Waals surface area contributed by atoms with Crippen LogP contribution in [-0.4, -0.2) is 11.0 Å². The van der Waals surface area contributed by atoms with Crippen LogP contribution in [0, 0.1) is 6.92 Å². The van der Waals surface area contributed by atoms with E-state index in [4.69, 9.17) is 0 Å². The Bertz CT molecular complexity index is 627. The molecule has 2 rings (SSSR count). The number of nitrogens with zero attached hydrogens (tertiary/aromatic N) is 1. The second-order valence-electron chi connectivity index (χ2n) is 6.12. The van der Waals surface area contributed by atoms with Gasteiger partial charge in [-0.15, -0.1) is 0 Å². The van der Waals surface area contributed by atoms with Crippen LogP contribution in [0.15, 0.2) is 42.6 Å². The maximum atomic E-state index is 12.0. The van der Waals surface area contributed by atoms with Gasteiger partial charge >= 0.3 is 6.03 Å². The predicted molar refractivity (Wildman–Crippen MR) is 86.8 cm³/mol. The summed E-state index contributed by atoms with van der Waals surface area (Å²) in [7, 11) is 0. The molecule has 0 unspecified atom stereocenters. The molecule has 110 valence electrons. The largest absolute Gasteiger partial charge is 0.324 e. The van der Waals surface area contributed by atoms with Crippen molar-refractivity contribution >= 4 is 17.5 Å². The van der Waals surface area contributed by atoms with Crippen molar-refractivity contribution in [2.24, 2.45) is 0 Å². The van der Waals surface area contributed by atoms with Crippen molar-refractivity contribution in [3.8, 4) is 0 Å². The number of anilines is 2. The zero-order valence-electron chi connectivity index (χ0n) is 12.9. The SMILES string of the molecule is Cc1ccc(NC(=O)Nc2cc(C(C)(C)C)ccn2)cc1. The van der Waals surface area contributed by atoms with Crippen molar-refractivity contribution in [1.82, 2.24) is 4.98 Å². The van der Waals surface area contributed by atoms with E-state index in [0.717, 1.165) is 16.8 Å². The van der Waals surface area contributed by atoms with E-state index < -0.39 is 0 Å². The maximum Gasteiger partial charge on any atom is 0.324 e. The Kier molecular flexibility index (Phi) is 4.26. The smallest absolute Gasteiger partial charge is 0.308 e. The minimum absolute atomic E-state index is 0.0206. The number of rotatable bonds is 2. The Hall–Kier alpha value is -2.36. The van der Waals surface area contributed by atoms with Gasteiger partial charge in [0.25, 0.3) is 0 Å². The Labute approximate surface area is 125 Å². The minimum atomic E-state index is -0.294. The number of amides is 2. The number of urea groups is 1. The van der Waals surface area contributed by atoms with Crippen LogP contribution in [0.3, 0.4) is 0 Å². The molecule has 0 saturated carbocycles. The van der Waals surface area contributed by atoms with Crippen molar-refractivity contribution < 1.29 is 4.79 Å². The van der Waals surface area contributed by atoms with Gasteiger partial charge in [0.1, 0.15) is 5.82 Å². The number of carbonyl (C=O) groups excluding carboxylic acids is 1. The topological polar surface area (TPSA) is 54.0 Å². The average Bonchev–Trinajstić information content (AvgIpc) is 2.41. The molecular weight excluding hydrogens is 262 g/mol. The van der Waals surface area contributed by atoms with E-state index in [1.54, 1.807) is 6.20 Å². The molecule has 0 saturated heterocycles. The molecule has 1 aromatic carbocycles. The third-order valence-electron chi connectivity index (χ3n) is 3.18. The number of aromatic nitrogens is 1. The van der Waals surface area contributed by atoms with Gasteiger partial charge < -0.3 is 5.32 Å². The Morgan fingerprint density at radius 2 is 1.71 bits per heavy atom. The third-order valence-corrected chi connectivity index (χ3v) is 3.18.